The van der Waals surface area contributed by atoms with Gasteiger partial charge in [0.2, 0.25) is 0 Å². The van der Waals surface area contributed by atoms with Crippen molar-refractivity contribution < 1.29 is 4.79 Å². The van der Waals surface area contributed by atoms with Gasteiger partial charge in [0.1, 0.15) is 5.78 Å². The molecule has 0 spiro atoms. The van der Waals surface area contributed by atoms with Gasteiger partial charge in [-0.3, -0.25) is 4.79 Å². The van der Waals surface area contributed by atoms with Gasteiger partial charge in [-0.1, -0.05) is 24.3 Å². The van der Waals surface area contributed by atoms with Crippen LogP contribution in [0.3, 0.4) is 0 Å². The van der Waals surface area contributed by atoms with E-state index in [1.165, 1.54) is 6.42 Å². The van der Waals surface area contributed by atoms with Gasteiger partial charge >= 0.3 is 0 Å². The van der Waals surface area contributed by atoms with E-state index in [1.54, 1.807) is 0 Å². The molecule has 1 heteroatoms. The van der Waals surface area contributed by atoms with Crippen LogP contribution >= 0.6 is 0 Å². The van der Waals surface area contributed by atoms with Gasteiger partial charge in [-0.15, -0.1) is 0 Å². The van der Waals surface area contributed by atoms with Gasteiger partial charge in [0.15, 0.2) is 0 Å². The molecular formula is C12H14O. The van der Waals surface area contributed by atoms with Crippen LogP contribution in [0.1, 0.15) is 19.8 Å². The molecule has 3 aliphatic rings. The molecule has 0 amide bonds. The summed E-state index contributed by atoms with van der Waals surface area (Å²) in [5, 5.41) is 0. The monoisotopic (exact) mass is 174 g/mol. The minimum Gasteiger partial charge on any atom is -0.299 e. The van der Waals surface area contributed by atoms with Gasteiger partial charge in [0.05, 0.1) is 0 Å². The normalized spacial score (nSPS) is 51.5. The highest BCUT2D eigenvalue weighted by Crippen LogP contribution is 2.56. The van der Waals surface area contributed by atoms with Gasteiger partial charge in [-0.2, -0.15) is 0 Å². The summed E-state index contributed by atoms with van der Waals surface area (Å²) in [6.07, 6.45) is 11.0. The van der Waals surface area contributed by atoms with Gasteiger partial charge < -0.3 is 0 Å². The summed E-state index contributed by atoms with van der Waals surface area (Å²) in [6, 6.07) is 0. The summed E-state index contributed by atoms with van der Waals surface area (Å²) in [6.45, 7) is 2.11. The lowest BCUT2D eigenvalue weighted by atomic mass is 9.51. The zero-order valence-electron chi connectivity index (χ0n) is 7.86. The summed E-state index contributed by atoms with van der Waals surface area (Å²) >= 11 is 0. The average Bonchev–Trinajstić information content (AvgIpc) is 2.57. The number of carbonyl (C=O) groups excluding carboxylic acids is 1. The third-order valence-corrected chi connectivity index (χ3v) is 4.22. The number of hydrogen-bond acceptors (Lipinski definition) is 1. The van der Waals surface area contributed by atoms with Crippen LogP contribution in [0.5, 0.6) is 0 Å². The highest BCUT2D eigenvalue weighted by molar-refractivity contribution is 5.93. The zero-order chi connectivity index (χ0) is 9.05. The Morgan fingerprint density at radius 1 is 1.46 bits per heavy atom. The van der Waals surface area contributed by atoms with Crippen LogP contribution in [-0.4, -0.2) is 5.78 Å². The molecule has 0 aromatic rings. The molecule has 13 heavy (non-hydrogen) atoms. The molecule has 0 heterocycles. The van der Waals surface area contributed by atoms with Crippen LogP contribution in [0.15, 0.2) is 24.3 Å². The summed E-state index contributed by atoms with van der Waals surface area (Å²) in [4.78, 5) is 11.5. The Kier molecular flexibility index (Phi) is 1.24. The van der Waals surface area contributed by atoms with E-state index in [0.29, 0.717) is 17.6 Å². The van der Waals surface area contributed by atoms with Crippen molar-refractivity contribution in [3.05, 3.63) is 24.3 Å². The summed E-state index contributed by atoms with van der Waals surface area (Å²) in [7, 11) is 0. The summed E-state index contributed by atoms with van der Waals surface area (Å²) in [5.74, 6) is 2.43. The standard InChI is InChI=1S/C12H14O/c1-12-6-5-8-3-2-4-9(8)10(12)7-11(12)13/h2-3,5-6,8-10H,4,7H2,1H3. The Hall–Kier alpha value is -0.850. The first-order valence-corrected chi connectivity index (χ1v) is 5.11. The van der Waals surface area contributed by atoms with Crippen LogP contribution in [0.4, 0.5) is 0 Å². The fraction of sp³-hybridized carbons (Fsp3) is 0.583. The third-order valence-electron chi connectivity index (χ3n) is 4.22. The van der Waals surface area contributed by atoms with E-state index in [1.807, 2.05) is 0 Å². The van der Waals surface area contributed by atoms with Crippen LogP contribution in [0.2, 0.25) is 0 Å². The molecule has 4 atom stereocenters. The van der Waals surface area contributed by atoms with E-state index in [9.17, 15) is 4.79 Å². The first-order valence-electron chi connectivity index (χ1n) is 5.11. The highest BCUT2D eigenvalue weighted by atomic mass is 16.1. The maximum atomic E-state index is 11.5. The summed E-state index contributed by atoms with van der Waals surface area (Å²) < 4.78 is 0. The minimum absolute atomic E-state index is 0.0901. The SMILES string of the molecule is CC12C=CC3C=CCC3C1CC2=O. The number of rotatable bonds is 0. The molecular weight excluding hydrogens is 160 g/mol. The predicted octanol–water partition coefficient (Wildman–Crippen LogP) is 2.34. The summed E-state index contributed by atoms with van der Waals surface area (Å²) in [5.41, 5.74) is -0.0901. The molecule has 0 radical (unpaired) electrons. The van der Waals surface area contributed by atoms with Gasteiger partial charge in [0, 0.05) is 11.8 Å². The lowest BCUT2D eigenvalue weighted by molar-refractivity contribution is -0.144. The molecule has 1 fully saturated rings. The Morgan fingerprint density at radius 3 is 3.08 bits per heavy atom. The molecule has 4 unspecified atom stereocenters. The fourth-order valence-electron chi connectivity index (χ4n) is 3.16. The average molecular weight is 174 g/mol. The predicted molar refractivity (Wildman–Crippen MR) is 51.1 cm³/mol. The van der Waals surface area contributed by atoms with E-state index in [0.717, 1.165) is 12.3 Å². The molecule has 1 nitrogen and oxygen atoms in total. The van der Waals surface area contributed by atoms with E-state index < -0.39 is 0 Å². The number of carbonyl (C=O) groups is 1. The van der Waals surface area contributed by atoms with Gasteiger partial charge in [0.25, 0.3) is 0 Å². The van der Waals surface area contributed by atoms with E-state index in [2.05, 4.69) is 31.2 Å². The van der Waals surface area contributed by atoms with Crippen LogP contribution in [0, 0.1) is 23.2 Å². The van der Waals surface area contributed by atoms with Crippen molar-refractivity contribution in [1.82, 2.24) is 0 Å². The van der Waals surface area contributed by atoms with E-state index >= 15 is 0 Å². The Bertz CT molecular complexity index is 326. The van der Waals surface area contributed by atoms with Crippen molar-refractivity contribution >= 4 is 5.78 Å². The molecule has 68 valence electrons. The highest BCUT2D eigenvalue weighted by Gasteiger charge is 2.55. The van der Waals surface area contributed by atoms with Gasteiger partial charge in [-0.25, -0.2) is 0 Å². The molecule has 0 aromatic heterocycles. The number of Topliss-reactive ketones (excluding diaryl/α,β-unsaturated/α-hetero) is 1. The first-order chi connectivity index (χ1) is 6.22. The lowest BCUT2D eigenvalue weighted by Crippen LogP contribution is -2.52. The molecule has 0 aliphatic heterocycles. The number of ketones is 1. The Morgan fingerprint density at radius 2 is 2.31 bits per heavy atom. The molecule has 3 rings (SSSR count). The topological polar surface area (TPSA) is 17.1 Å². The molecule has 3 aliphatic carbocycles. The largest absolute Gasteiger partial charge is 0.299 e. The molecule has 0 bridgehead atoms. The second kappa shape index (κ2) is 2.14. The maximum absolute atomic E-state index is 11.5. The maximum Gasteiger partial charge on any atom is 0.143 e. The number of fused-ring (bicyclic) bond motifs is 3. The van der Waals surface area contributed by atoms with Crippen molar-refractivity contribution in [3.8, 4) is 0 Å². The van der Waals surface area contributed by atoms with E-state index in [4.69, 9.17) is 0 Å². The number of hydrogen-bond donors (Lipinski definition) is 0. The molecule has 0 N–H and O–H groups in total. The first kappa shape index (κ1) is 7.54. The van der Waals surface area contributed by atoms with Crippen molar-refractivity contribution in [2.75, 3.05) is 0 Å². The van der Waals surface area contributed by atoms with Crippen molar-refractivity contribution in [1.29, 1.82) is 0 Å². The molecule has 0 saturated heterocycles. The quantitative estimate of drug-likeness (QED) is 0.515. The fourth-order valence-corrected chi connectivity index (χ4v) is 3.16. The smallest absolute Gasteiger partial charge is 0.143 e. The molecule has 1 saturated carbocycles. The van der Waals surface area contributed by atoms with Crippen LogP contribution < -0.4 is 0 Å². The second-order valence-electron chi connectivity index (χ2n) is 4.78. The number of allylic oxidation sites excluding steroid dienone is 4. The minimum atomic E-state index is -0.0901. The molecule has 0 aromatic carbocycles. The Balaban J connectivity index is 2.00. The zero-order valence-corrected chi connectivity index (χ0v) is 7.86. The van der Waals surface area contributed by atoms with Crippen molar-refractivity contribution in [2.24, 2.45) is 23.2 Å². The third kappa shape index (κ3) is 0.756. The van der Waals surface area contributed by atoms with Crippen molar-refractivity contribution in [2.45, 2.75) is 19.8 Å². The van der Waals surface area contributed by atoms with E-state index in [-0.39, 0.29) is 5.41 Å². The Labute approximate surface area is 78.5 Å². The van der Waals surface area contributed by atoms with Crippen LogP contribution in [-0.2, 0) is 4.79 Å². The lowest BCUT2D eigenvalue weighted by Gasteiger charge is -2.50. The second-order valence-corrected chi connectivity index (χ2v) is 4.78. The van der Waals surface area contributed by atoms with Crippen LogP contribution in [0.25, 0.3) is 0 Å². The van der Waals surface area contributed by atoms with Crippen molar-refractivity contribution in [3.63, 3.8) is 0 Å². The van der Waals surface area contributed by atoms with Gasteiger partial charge in [-0.05, 0) is 31.1 Å².